The molecule has 0 aliphatic carbocycles. The van der Waals surface area contributed by atoms with Crippen LogP contribution in [0.1, 0.15) is 65.8 Å². The molecule has 0 aliphatic heterocycles. The molecular formula is C31H88N12O6SY-2. The number of thioether (sulfide) groups is 1. The van der Waals surface area contributed by atoms with E-state index in [0.717, 1.165) is 0 Å². The SMILES string of the molecule is C.C.C.C.C.C.C.CC=CNC.CN=CNC.CN=NNC.CNC(=O)C(=O)NC.CNC(=O)OC.CNC(=O)SC.CNC(N)=O.[CH2-]C.[CH3-].[Y]. The van der Waals surface area contributed by atoms with Crippen molar-refractivity contribution in [2.24, 2.45) is 21.1 Å². The second kappa shape index (κ2) is 127. The van der Waals surface area contributed by atoms with E-state index in [1.807, 2.05) is 33.3 Å². The molecule has 319 valence electrons. The van der Waals surface area contributed by atoms with Crippen LogP contribution in [0.25, 0.3) is 0 Å². The molecule has 0 aromatic heterocycles. The number of alkyl carbamates (subject to hydrolysis) is 1. The average molecular weight is 846 g/mol. The predicted molar refractivity (Wildman–Crippen MR) is 228 cm³/mol. The summed E-state index contributed by atoms with van der Waals surface area (Å²) in [6, 6.07) is -0.495. The van der Waals surface area contributed by atoms with Crippen LogP contribution in [0.15, 0.2) is 27.6 Å². The molecule has 1 radical (unpaired) electrons. The molecule has 18 nitrogen and oxygen atoms in total. The van der Waals surface area contributed by atoms with E-state index in [0.29, 0.717) is 0 Å². The Morgan fingerprint density at radius 1 is 0.706 bits per heavy atom. The zero-order valence-electron chi connectivity index (χ0n) is 29.3. The molecule has 0 bridgehead atoms. The maximum absolute atomic E-state index is 10.2. The molecule has 10 N–H and O–H groups in total. The van der Waals surface area contributed by atoms with Crippen LogP contribution in [0.5, 0.6) is 0 Å². The van der Waals surface area contributed by atoms with Gasteiger partial charge in [0.15, 0.2) is 0 Å². The van der Waals surface area contributed by atoms with Crippen LogP contribution < -0.4 is 48.4 Å². The van der Waals surface area contributed by atoms with Crippen molar-refractivity contribution in [3.8, 4) is 0 Å². The van der Waals surface area contributed by atoms with Crippen LogP contribution in [0, 0.1) is 14.4 Å². The number of nitrogens with one attached hydrogen (secondary N) is 8. The van der Waals surface area contributed by atoms with Crippen molar-refractivity contribution >= 4 is 47.3 Å². The monoisotopic (exact) mass is 846 g/mol. The number of likely N-dealkylation sites (N-methyl/N-ethyl adjacent to an activating group) is 2. The standard InChI is InChI=1S/C4H8N2O2.C4H9N.C3H8N2.C3H7NO2.C3H7NOS.C2H7N3.C2H6N2O.C2H5.7CH4.CH3.Y/c1-5-3(7)4(8)6-2;1-3-4-5-2;1-4-3-5-2;2*1-4-3(5)6-2;1-3-5-4-2;1-4-2(3)5;1-2;;;;;;;;;/h1-2H3,(H,5,7)(H,6,8);3-5H,1-2H3;3H,1-2H3,(H,4,5);2*1-2H3,(H,4,5);1-2H3,(H,3,4);1H3,(H3,3,4,5);1H2,2H3;7*1H4;1H3;/q;;;;;;;-1;;;;;;;;-1;. The van der Waals surface area contributed by atoms with Gasteiger partial charge in [0.2, 0.25) is 0 Å². The van der Waals surface area contributed by atoms with E-state index in [-0.39, 0.29) is 97.4 Å². The average Bonchev–Trinajstić information content (AvgIpc) is 3.03. The second-order valence-corrected chi connectivity index (χ2v) is 6.02. The van der Waals surface area contributed by atoms with Gasteiger partial charge in [-0.3, -0.25) is 24.8 Å². The number of nitrogens with zero attached hydrogens (tertiary/aromatic N) is 3. The minimum absolute atomic E-state index is 0. The minimum atomic E-state index is -0.618. The van der Waals surface area contributed by atoms with Crippen LogP contribution in [0.4, 0.5) is 14.4 Å². The zero-order valence-corrected chi connectivity index (χ0v) is 32.9. The number of amides is 6. The molecule has 0 atom stereocenters. The quantitative estimate of drug-likeness (QED) is 0.0461. The Kier molecular flexibility index (Phi) is 275. The Hall–Kier alpha value is -3.19. The second-order valence-electron chi connectivity index (χ2n) is 5.24. The number of nitrogens with two attached hydrogens (primary N) is 1. The summed E-state index contributed by atoms with van der Waals surface area (Å²) in [7, 11) is 17.4. The van der Waals surface area contributed by atoms with Crippen LogP contribution in [-0.2, 0) is 47.0 Å². The number of carbonyl (C=O) groups is 5. The first-order valence-electron chi connectivity index (χ1n) is 11.8. The Morgan fingerprint density at radius 2 is 1.06 bits per heavy atom. The number of rotatable bonds is 3. The van der Waals surface area contributed by atoms with Crippen molar-refractivity contribution < 1.29 is 61.4 Å². The summed E-state index contributed by atoms with van der Waals surface area (Å²) in [6.45, 7) is 6.97. The van der Waals surface area contributed by atoms with Gasteiger partial charge >= 0.3 is 23.9 Å². The van der Waals surface area contributed by atoms with Gasteiger partial charge in [0.1, 0.15) is 0 Å². The fourth-order valence-electron chi connectivity index (χ4n) is 0.827. The predicted octanol–water partition coefficient (Wildman–Crippen LogP) is 4.97. The van der Waals surface area contributed by atoms with Crippen molar-refractivity contribution in [2.75, 3.05) is 83.8 Å². The summed E-state index contributed by atoms with van der Waals surface area (Å²) in [5.41, 5.74) is 7.02. The van der Waals surface area contributed by atoms with Gasteiger partial charge < -0.3 is 62.0 Å². The minimum Gasteiger partial charge on any atom is -0.453 e. The van der Waals surface area contributed by atoms with E-state index in [1.165, 1.54) is 47.1 Å². The van der Waals surface area contributed by atoms with Crippen LogP contribution in [-0.4, -0.2) is 119 Å². The molecule has 0 rings (SSSR count). The summed E-state index contributed by atoms with van der Waals surface area (Å²) in [5, 5.41) is 23.5. The van der Waals surface area contributed by atoms with Crippen molar-refractivity contribution in [3.63, 3.8) is 0 Å². The third-order valence-corrected chi connectivity index (χ3v) is 3.05. The molecule has 0 aromatic rings. The van der Waals surface area contributed by atoms with Crippen molar-refractivity contribution in [1.82, 2.24) is 42.6 Å². The van der Waals surface area contributed by atoms with Gasteiger partial charge in [0.05, 0.1) is 20.5 Å². The molecule has 0 aliphatic rings. The zero-order chi connectivity index (χ0) is 35.2. The van der Waals surface area contributed by atoms with E-state index in [2.05, 4.69) is 75.4 Å². The maximum atomic E-state index is 10.2. The van der Waals surface area contributed by atoms with Gasteiger partial charge in [-0.05, 0) is 19.4 Å². The summed E-state index contributed by atoms with van der Waals surface area (Å²) in [4.78, 5) is 53.4. The first-order valence-corrected chi connectivity index (χ1v) is 13.0. The Morgan fingerprint density at radius 3 is 1.08 bits per heavy atom. The number of methoxy groups -OCH3 is 1. The van der Waals surface area contributed by atoms with E-state index in [9.17, 15) is 24.0 Å². The van der Waals surface area contributed by atoms with E-state index >= 15 is 0 Å². The fourth-order valence-corrected chi connectivity index (χ4v) is 1.03. The molecule has 20 heteroatoms. The van der Waals surface area contributed by atoms with Gasteiger partial charge in [-0.25, -0.2) is 9.59 Å². The summed E-state index contributed by atoms with van der Waals surface area (Å²) in [5.74, 6) is -1.24. The Bertz CT molecular complexity index is 611. The number of carbonyl (C=O) groups excluding carboxylic acids is 5. The molecule has 0 fully saturated rings. The van der Waals surface area contributed by atoms with Crippen LogP contribution in [0.3, 0.4) is 0 Å². The molecule has 0 unspecified atom stereocenters. The van der Waals surface area contributed by atoms with Gasteiger partial charge in [0.25, 0.3) is 5.24 Å². The largest absolute Gasteiger partial charge is 0.453 e. The number of hydrogen-bond acceptors (Lipinski definition) is 11. The van der Waals surface area contributed by atoms with Gasteiger partial charge in [0, 0.05) is 96.1 Å². The molecule has 0 heterocycles. The summed E-state index contributed by atoms with van der Waals surface area (Å²) >= 11 is 1.17. The number of allylic oxidation sites excluding steroid dienone is 1. The first kappa shape index (κ1) is 110. The number of primary amides is 1. The third kappa shape index (κ3) is 217. The summed E-state index contributed by atoms with van der Waals surface area (Å²) < 4.78 is 4.15. The van der Waals surface area contributed by atoms with E-state index in [1.54, 1.807) is 47.7 Å². The van der Waals surface area contributed by atoms with Crippen molar-refractivity contribution in [1.29, 1.82) is 0 Å². The number of hydrogen-bond donors (Lipinski definition) is 9. The van der Waals surface area contributed by atoms with Crippen molar-refractivity contribution in [2.45, 2.75) is 65.8 Å². The molecule has 51 heavy (non-hydrogen) atoms. The summed E-state index contributed by atoms with van der Waals surface area (Å²) in [6.07, 6.45) is 6.77. The topological polar surface area (TPSA) is 254 Å². The third-order valence-electron chi connectivity index (χ3n) is 2.48. The fraction of sp³-hybridized carbons (Fsp3) is 0.677. The molecule has 0 spiro atoms. The Balaban J connectivity index is -0.0000000171. The van der Waals surface area contributed by atoms with Gasteiger partial charge in [-0.15, -0.1) is 0 Å². The first-order chi connectivity index (χ1) is 19.8. The smallest absolute Gasteiger partial charge is 0.406 e. The van der Waals surface area contributed by atoms with E-state index < -0.39 is 23.9 Å². The number of urea groups is 1. The van der Waals surface area contributed by atoms with Gasteiger partial charge in [-0.2, -0.15) is 12.0 Å². The molecule has 6 amide bonds. The molecule has 0 saturated carbocycles. The maximum Gasteiger partial charge on any atom is 0.406 e. The number of aliphatic imine (C=N–C) groups is 1. The van der Waals surface area contributed by atoms with Crippen LogP contribution >= 0.6 is 11.8 Å². The molecule has 0 aromatic carbocycles. The Labute approximate surface area is 347 Å². The van der Waals surface area contributed by atoms with Crippen molar-refractivity contribution in [3.05, 3.63) is 26.6 Å². The van der Waals surface area contributed by atoms with E-state index in [4.69, 9.17) is 0 Å². The van der Waals surface area contributed by atoms with Crippen LogP contribution in [0.2, 0.25) is 0 Å². The molecule has 0 saturated heterocycles. The van der Waals surface area contributed by atoms with Gasteiger partial charge in [-0.1, -0.05) is 75.0 Å². The molecular weight excluding hydrogens is 757 g/mol. The normalized spacial score (nSPS) is 6.41. The number of ether oxygens (including phenoxy) is 1.